The van der Waals surface area contributed by atoms with Gasteiger partial charge in [-0.15, -0.1) is 5.10 Å². The number of nitrogens with one attached hydrogen (secondary N) is 1. The monoisotopic (exact) mass is 507 g/mol. The summed E-state index contributed by atoms with van der Waals surface area (Å²) in [5, 5.41) is 16.6. The van der Waals surface area contributed by atoms with Gasteiger partial charge in [-0.05, 0) is 24.1 Å². The normalized spacial score (nSPS) is 16.7. The van der Waals surface area contributed by atoms with Crippen molar-refractivity contribution >= 4 is 22.8 Å². The summed E-state index contributed by atoms with van der Waals surface area (Å²) in [5.41, 5.74) is 10.00. The molecule has 5 aromatic rings. The number of hydrogen-bond acceptors (Lipinski definition) is 8. The first-order valence-electron chi connectivity index (χ1n) is 12.2. The van der Waals surface area contributed by atoms with E-state index in [-0.39, 0.29) is 18.0 Å². The van der Waals surface area contributed by atoms with Crippen molar-refractivity contribution in [3.05, 3.63) is 90.5 Å². The van der Waals surface area contributed by atoms with Crippen LogP contribution in [0.2, 0.25) is 0 Å². The number of nitrogen functional groups attached to an aromatic ring is 1. The Labute approximate surface area is 218 Å². The standard InChI is InChI=1S/C27H25N9O2/c1-38-22-5-3-2-4-21(22)27(37)29-15-17-6-8-18(9-7-17)24-23-25(28)30-16-31-26(23)36(33-24)20-11-10-19(14-20)35-13-12-32-34-35/h2-13,16,19-20H,14-15H2,1H3,(H,29,37)(H2,28,30,31). The molecule has 6 rings (SSSR count). The van der Waals surface area contributed by atoms with Gasteiger partial charge in [-0.1, -0.05) is 53.8 Å². The molecule has 1 amide bonds. The maximum atomic E-state index is 12.7. The number of nitrogens with two attached hydrogens (primary N) is 1. The third kappa shape index (κ3) is 4.23. The van der Waals surface area contributed by atoms with Gasteiger partial charge in [0.2, 0.25) is 0 Å². The molecule has 11 nitrogen and oxygen atoms in total. The highest BCUT2D eigenvalue weighted by Crippen LogP contribution is 2.36. The lowest BCUT2D eigenvalue weighted by atomic mass is 10.1. The predicted octanol–water partition coefficient (Wildman–Crippen LogP) is 3.35. The number of anilines is 1. The van der Waals surface area contributed by atoms with Crippen LogP contribution in [0.4, 0.5) is 5.82 Å². The van der Waals surface area contributed by atoms with Crippen molar-refractivity contribution in [2.24, 2.45) is 0 Å². The quantitative estimate of drug-likeness (QED) is 0.320. The topological polar surface area (TPSA) is 139 Å². The number of benzene rings is 2. The van der Waals surface area contributed by atoms with E-state index in [0.29, 0.717) is 40.4 Å². The number of rotatable bonds is 7. The summed E-state index contributed by atoms with van der Waals surface area (Å²) < 4.78 is 9.02. The summed E-state index contributed by atoms with van der Waals surface area (Å²) in [4.78, 5) is 21.4. The number of ether oxygens (including phenoxy) is 1. The Hall–Kier alpha value is -5.06. The minimum Gasteiger partial charge on any atom is -0.496 e. The molecule has 11 heteroatoms. The van der Waals surface area contributed by atoms with E-state index in [4.69, 9.17) is 15.6 Å². The van der Waals surface area contributed by atoms with E-state index in [1.165, 1.54) is 6.33 Å². The van der Waals surface area contributed by atoms with Gasteiger partial charge in [0.25, 0.3) is 5.91 Å². The fourth-order valence-corrected chi connectivity index (χ4v) is 4.75. The molecular formula is C27H25N9O2. The highest BCUT2D eigenvalue weighted by Gasteiger charge is 2.27. The van der Waals surface area contributed by atoms with E-state index in [9.17, 15) is 4.79 Å². The molecule has 2 unspecified atom stereocenters. The highest BCUT2D eigenvalue weighted by atomic mass is 16.5. The molecule has 2 atom stereocenters. The molecule has 0 aliphatic heterocycles. The average Bonchev–Trinajstić information content (AvgIpc) is 3.72. The van der Waals surface area contributed by atoms with Crippen molar-refractivity contribution < 1.29 is 9.53 Å². The van der Waals surface area contributed by atoms with E-state index >= 15 is 0 Å². The zero-order chi connectivity index (χ0) is 26.1. The summed E-state index contributed by atoms with van der Waals surface area (Å²) in [6.07, 6.45) is 9.96. The van der Waals surface area contributed by atoms with Crippen molar-refractivity contribution in [1.82, 2.24) is 40.1 Å². The number of carbonyl (C=O) groups is 1. The Morgan fingerprint density at radius 2 is 1.92 bits per heavy atom. The van der Waals surface area contributed by atoms with Crippen LogP contribution in [-0.2, 0) is 6.54 Å². The van der Waals surface area contributed by atoms with Crippen molar-refractivity contribution in [3.8, 4) is 17.0 Å². The summed E-state index contributed by atoms with van der Waals surface area (Å²) in [6, 6.07) is 15.1. The van der Waals surface area contributed by atoms with Crippen molar-refractivity contribution in [3.63, 3.8) is 0 Å². The Balaban J connectivity index is 1.24. The Morgan fingerprint density at radius 3 is 2.71 bits per heavy atom. The van der Waals surface area contributed by atoms with Crippen molar-refractivity contribution in [1.29, 1.82) is 0 Å². The number of nitrogens with zero attached hydrogens (tertiary/aromatic N) is 7. The van der Waals surface area contributed by atoms with Crippen LogP contribution in [0, 0.1) is 0 Å². The van der Waals surface area contributed by atoms with Gasteiger partial charge in [0.05, 0.1) is 36.3 Å². The number of methoxy groups -OCH3 is 1. The predicted molar refractivity (Wildman–Crippen MR) is 141 cm³/mol. The molecule has 3 N–H and O–H groups in total. The summed E-state index contributed by atoms with van der Waals surface area (Å²) in [5.74, 6) is 0.710. The van der Waals surface area contributed by atoms with Crippen molar-refractivity contribution in [2.45, 2.75) is 25.0 Å². The van der Waals surface area contributed by atoms with Crippen LogP contribution in [0.3, 0.4) is 0 Å². The minimum absolute atomic E-state index is 0.0146. The molecule has 0 bridgehead atoms. The van der Waals surface area contributed by atoms with Gasteiger partial charge in [-0.25, -0.2) is 19.3 Å². The Bertz CT molecular complexity index is 1620. The molecular weight excluding hydrogens is 482 g/mol. The first-order chi connectivity index (χ1) is 18.6. The SMILES string of the molecule is COc1ccccc1C(=O)NCc1ccc(-c2nn(C3C=CC(n4ccnn4)C3)c3ncnc(N)c23)cc1. The summed E-state index contributed by atoms with van der Waals surface area (Å²) in [6.45, 7) is 0.369. The van der Waals surface area contributed by atoms with E-state index < -0.39 is 0 Å². The maximum Gasteiger partial charge on any atom is 0.255 e. The Kier molecular flexibility index (Phi) is 6.00. The molecule has 1 aliphatic carbocycles. The molecule has 0 spiro atoms. The second-order valence-electron chi connectivity index (χ2n) is 8.97. The number of allylic oxidation sites excluding steroid dienone is 2. The summed E-state index contributed by atoms with van der Waals surface area (Å²) >= 11 is 0. The zero-order valence-electron chi connectivity index (χ0n) is 20.6. The van der Waals surface area contributed by atoms with Crippen LogP contribution in [0.5, 0.6) is 5.75 Å². The highest BCUT2D eigenvalue weighted by molar-refractivity contribution is 5.98. The van der Waals surface area contributed by atoms with Gasteiger partial charge in [-0.3, -0.25) is 4.79 Å². The second-order valence-corrected chi connectivity index (χ2v) is 8.97. The lowest BCUT2D eigenvalue weighted by Crippen LogP contribution is -2.23. The number of carbonyl (C=O) groups excluding carboxylic acids is 1. The van der Waals surface area contributed by atoms with Gasteiger partial charge >= 0.3 is 0 Å². The summed E-state index contributed by atoms with van der Waals surface area (Å²) in [7, 11) is 1.55. The maximum absolute atomic E-state index is 12.7. The molecule has 0 radical (unpaired) electrons. The van der Waals surface area contributed by atoms with Crippen LogP contribution < -0.4 is 15.8 Å². The second kappa shape index (κ2) is 9.77. The number of aromatic nitrogens is 7. The number of hydrogen-bond donors (Lipinski definition) is 2. The van der Waals surface area contributed by atoms with Gasteiger partial charge in [-0.2, -0.15) is 5.10 Å². The fraction of sp³-hybridized carbons (Fsp3) is 0.185. The molecule has 3 aromatic heterocycles. The largest absolute Gasteiger partial charge is 0.496 e. The van der Waals surface area contributed by atoms with Crippen LogP contribution in [0.1, 0.15) is 34.4 Å². The zero-order valence-corrected chi connectivity index (χ0v) is 20.6. The minimum atomic E-state index is -0.199. The van der Waals surface area contributed by atoms with Crippen LogP contribution in [0.15, 0.2) is 79.4 Å². The molecule has 0 fully saturated rings. The van der Waals surface area contributed by atoms with E-state index in [1.807, 2.05) is 45.9 Å². The number of fused-ring (bicyclic) bond motifs is 1. The average molecular weight is 508 g/mol. The van der Waals surface area contributed by atoms with E-state index in [2.05, 4.69) is 37.7 Å². The number of amides is 1. The van der Waals surface area contributed by atoms with Gasteiger partial charge in [0, 0.05) is 18.3 Å². The van der Waals surface area contributed by atoms with Crippen LogP contribution in [0.25, 0.3) is 22.3 Å². The van der Waals surface area contributed by atoms with Crippen LogP contribution >= 0.6 is 0 Å². The molecule has 190 valence electrons. The molecule has 3 heterocycles. The molecule has 0 saturated heterocycles. The third-order valence-corrected chi connectivity index (χ3v) is 6.68. The molecule has 2 aromatic carbocycles. The van der Waals surface area contributed by atoms with E-state index in [0.717, 1.165) is 17.5 Å². The van der Waals surface area contributed by atoms with Gasteiger partial charge < -0.3 is 15.8 Å². The van der Waals surface area contributed by atoms with E-state index in [1.54, 1.807) is 31.5 Å². The Morgan fingerprint density at radius 1 is 1.11 bits per heavy atom. The van der Waals surface area contributed by atoms with Crippen molar-refractivity contribution in [2.75, 3.05) is 12.8 Å². The molecule has 0 saturated carbocycles. The first-order valence-corrected chi connectivity index (χ1v) is 12.2. The first kappa shape index (κ1) is 23.3. The molecule has 38 heavy (non-hydrogen) atoms. The van der Waals surface area contributed by atoms with Crippen LogP contribution in [-0.4, -0.2) is 47.8 Å². The number of para-hydroxylation sites is 1. The third-order valence-electron chi connectivity index (χ3n) is 6.68. The van der Waals surface area contributed by atoms with Gasteiger partial charge in [0.1, 0.15) is 23.6 Å². The fourth-order valence-electron chi connectivity index (χ4n) is 4.75. The smallest absolute Gasteiger partial charge is 0.255 e. The lowest BCUT2D eigenvalue weighted by molar-refractivity contribution is 0.0948. The van der Waals surface area contributed by atoms with Gasteiger partial charge in [0.15, 0.2) is 5.65 Å². The molecule has 1 aliphatic rings. The lowest BCUT2D eigenvalue weighted by Gasteiger charge is -2.13.